The number of nitrogens with one attached hydrogen (secondary N) is 2. The van der Waals surface area contributed by atoms with Gasteiger partial charge < -0.3 is 15.1 Å². The molecule has 6 nitrogen and oxygen atoms in total. The van der Waals surface area contributed by atoms with Crippen LogP contribution in [0, 0.1) is 0 Å². The summed E-state index contributed by atoms with van der Waals surface area (Å²) in [5.41, 5.74) is 0. The Balaban J connectivity index is 1.68. The van der Waals surface area contributed by atoms with E-state index in [-0.39, 0.29) is 5.91 Å². The summed E-state index contributed by atoms with van der Waals surface area (Å²) in [6, 6.07) is 3.62. The first-order chi connectivity index (χ1) is 9.78. The lowest BCUT2D eigenvalue weighted by Crippen LogP contribution is -2.24. The molecular formula is C12H16N4O2S2. The van der Waals surface area contributed by atoms with Crippen LogP contribution in [0.3, 0.4) is 0 Å². The summed E-state index contributed by atoms with van der Waals surface area (Å²) in [4.78, 5) is 11.7. The highest BCUT2D eigenvalue weighted by atomic mass is 32.2. The standard InChI is InChI=1S/C12H16N4O2S2/c1-2-5-13-11-15-16-12(20-11)19-8-10(17)14-7-9-4-3-6-18-9/h3-4,6H,2,5,7-8H2,1H3,(H,13,15)(H,14,17). The molecule has 0 aliphatic carbocycles. The molecule has 0 saturated carbocycles. The van der Waals surface area contributed by atoms with Gasteiger partial charge in [-0.3, -0.25) is 4.79 Å². The molecule has 2 aromatic heterocycles. The van der Waals surface area contributed by atoms with Crippen molar-refractivity contribution in [2.24, 2.45) is 0 Å². The maximum atomic E-state index is 11.7. The van der Waals surface area contributed by atoms with Crippen molar-refractivity contribution in [3.63, 3.8) is 0 Å². The van der Waals surface area contributed by atoms with E-state index in [1.54, 1.807) is 12.3 Å². The molecule has 2 rings (SSSR count). The molecule has 0 radical (unpaired) electrons. The van der Waals surface area contributed by atoms with Gasteiger partial charge in [0.1, 0.15) is 5.76 Å². The number of hydrogen-bond acceptors (Lipinski definition) is 7. The molecule has 0 aromatic carbocycles. The van der Waals surface area contributed by atoms with E-state index in [1.165, 1.54) is 23.1 Å². The number of rotatable bonds is 8. The van der Waals surface area contributed by atoms with E-state index >= 15 is 0 Å². The zero-order valence-electron chi connectivity index (χ0n) is 11.1. The predicted octanol–water partition coefficient (Wildman–Crippen LogP) is 2.36. The van der Waals surface area contributed by atoms with Crippen LogP contribution in [-0.2, 0) is 11.3 Å². The molecule has 108 valence electrons. The third kappa shape index (κ3) is 4.86. The lowest BCUT2D eigenvalue weighted by Gasteiger charge is -2.01. The van der Waals surface area contributed by atoms with Gasteiger partial charge in [0.2, 0.25) is 11.0 Å². The summed E-state index contributed by atoms with van der Waals surface area (Å²) in [6.07, 6.45) is 2.62. The highest BCUT2D eigenvalue weighted by molar-refractivity contribution is 8.01. The Labute approximate surface area is 125 Å². The maximum Gasteiger partial charge on any atom is 0.230 e. The smallest absolute Gasteiger partial charge is 0.230 e. The van der Waals surface area contributed by atoms with Crippen molar-refractivity contribution in [2.75, 3.05) is 17.6 Å². The SMILES string of the molecule is CCCNc1nnc(SCC(=O)NCc2ccco2)s1. The minimum absolute atomic E-state index is 0.0512. The third-order valence-corrected chi connectivity index (χ3v) is 4.31. The maximum absolute atomic E-state index is 11.7. The van der Waals surface area contributed by atoms with Crippen LogP contribution in [-0.4, -0.2) is 28.4 Å². The Morgan fingerprint density at radius 3 is 3.15 bits per heavy atom. The van der Waals surface area contributed by atoms with Gasteiger partial charge in [0.25, 0.3) is 0 Å². The normalized spacial score (nSPS) is 10.4. The molecule has 20 heavy (non-hydrogen) atoms. The summed E-state index contributed by atoms with van der Waals surface area (Å²) >= 11 is 2.84. The second-order valence-corrected chi connectivity index (χ2v) is 6.14. The minimum Gasteiger partial charge on any atom is -0.467 e. The van der Waals surface area contributed by atoms with Crippen LogP contribution < -0.4 is 10.6 Å². The minimum atomic E-state index is -0.0512. The summed E-state index contributed by atoms with van der Waals surface area (Å²) in [5, 5.41) is 14.8. The average molecular weight is 312 g/mol. The van der Waals surface area contributed by atoms with E-state index in [0.717, 1.165) is 28.2 Å². The summed E-state index contributed by atoms with van der Waals surface area (Å²) in [6.45, 7) is 3.38. The fraction of sp³-hybridized carbons (Fsp3) is 0.417. The zero-order valence-corrected chi connectivity index (χ0v) is 12.7. The molecule has 0 aliphatic heterocycles. The van der Waals surface area contributed by atoms with Crippen LogP contribution in [0.1, 0.15) is 19.1 Å². The van der Waals surface area contributed by atoms with E-state index < -0.39 is 0 Å². The van der Waals surface area contributed by atoms with E-state index in [0.29, 0.717) is 12.3 Å². The van der Waals surface area contributed by atoms with Crippen LogP contribution in [0.5, 0.6) is 0 Å². The molecule has 8 heteroatoms. The second kappa shape index (κ2) is 7.91. The summed E-state index contributed by atoms with van der Waals surface area (Å²) in [5.74, 6) is 1.01. The number of thioether (sulfide) groups is 1. The Morgan fingerprint density at radius 2 is 2.40 bits per heavy atom. The van der Waals surface area contributed by atoms with Gasteiger partial charge in [0.05, 0.1) is 18.6 Å². The number of carbonyl (C=O) groups excluding carboxylic acids is 1. The first-order valence-electron chi connectivity index (χ1n) is 6.27. The van der Waals surface area contributed by atoms with Crippen molar-refractivity contribution in [3.8, 4) is 0 Å². The van der Waals surface area contributed by atoms with Crippen LogP contribution in [0.2, 0.25) is 0 Å². The summed E-state index contributed by atoms with van der Waals surface area (Å²) < 4.78 is 5.93. The zero-order chi connectivity index (χ0) is 14.2. The first kappa shape index (κ1) is 14.9. The van der Waals surface area contributed by atoms with Gasteiger partial charge in [-0.15, -0.1) is 10.2 Å². The van der Waals surface area contributed by atoms with Crippen molar-refractivity contribution >= 4 is 34.1 Å². The van der Waals surface area contributed by atoms with Crippen LogP contribution >= 0.6 is 23.1 Å². The molecule has 2 N–H and O–H groups in total. The average Bonchev–Trinajstić information content (AvgIpc) is 3.12. The van der Waals surface area contributed by atoms with Crippen molar-refractivity contribution in [1.82, 2.24) is 15.5 Å². The van der Waals surface area contributed by atoms with E-state index in [4.69, 9.17) is 4.42 Å². The molecule has 0 saturated heterocycles. The van der Waals surface area contributed by atoms with E-state index in [2.05, 4.69) is 27.8 Å². The molecular weight excluding hydrogens is 296 g/mol. The number of furan rings is 1. The van der Waals surface area contributed by atoms with Gasteiger partial charge in [-0.05, 0) is 18.6 Å². The number of nitrogens with zero attached hydrogens (tertiary/aromatic N) is 2. The second-order valence-electron chi connectivity index (χ2n) is 3.94. The third-order valence-electron chi connectivity index (χ3n) is 2.30. The Kier molecular flexibility index (Phi) is 5.87. The monoisotopic (exact) mass is 312 g/mol. The molecule has 0 aliphatic rings. The quantitative estimate of drug-likeness (QED) is 0.728. The van der Waals surface area contributed by atoms with Gasteiger partial charge in [-0.1, -0.05) is 30.0 Å². The first-order valence-corrected chi connectivity index (χ1v) is 8.07. The molecule has 0 fully saturated rings. The fourth-order valence-corrected chi connectivity index (χ4v) is 2.96. The molecule has 2 aromatic rings. The molecule has 0 unspecified atom stereocenters. The topological polar surface area (TPSA) is 80.0 Å². The van der Waals surface area contributed by atoms with Gasteiger partial charge >= 0.3 is 0 Å². The van der Waals surface area contributed by atoms with Gasteiger partial charge in [0.15, 0.2) is 4.34 Å². The predicted molar refractivity (Wildman–Crippen MR) is 80.0 cm³/mol. The lowest BCUT2D eigenvalue weighted by atomic mass is 10.4. The molecule has 0 atom stereocenters. The Bertz CT molecular complexity index is 527. The van der Waals surface area contributed by atoms with Crippen molar-refractivity contribution in [1.29, 1.82) is 0 Å². The lowest BCUT2D eigenvalue weighted by molar-refractivity contribution is -0.118. The molecule has 0 bridgehead atoms. The number of carbonyl (C=O) groups is 1. The summed E-state index contributed by atoms with van der Waals surface area (Å²) in [7, 11) is 0. The van der Waals surface area contributed by atoms with E-state index in [1.807, 2.05) is 6.07 Å². The van der Waals surface area contributed by atoms with Gasteiger partial charge in [0, 0.05) is 6.54 Å². The van der Waals surface area contributed by atoms with Crippen LogP contribution in [0.4, 0.5) is 5.13 Å². The van der Waals surface area contributed by atoms with Crippen molar-refractivity contribution in [3.05, 3.63) is 24.2 Å². The highest BCUT2D eigenvalue weighted by Crippen LogP contribution is 2.25. The Hall–Kier alpha value is -1.54. The highest BCUT2D eigenvalue weighted by Gasteiger charge is 2.08. The van der Waals surface area contributed by atoms with Gasteiger partial charge in [-0.25, -0.2) is 0 Å². The number of hydrogen-bond donors (Lipinski definition) is 2. The number of aromatic nitrogens is 2. The van der Waals surface area contributed by atoms with Crippen molar-refractivity contribution < 1.29 is 9.21 Å². The van der Waals surface area contributed by atoms with Crippen LogP contribution in [0.25, 0.3) is 0 Å². The largest absolute Gasteiger partial charge is 0.467 e. The van der Waals surface area contributed by atoms with E-state index in [9.17, 15) is 4.79 Å². The molecule has 2 heterocycles. The van der Waals surface area contributed by atoms with Gasteiger partial charge in [-0.2, -0.15) is 0 Å². The number of amides is 1. The molecule has 0 spiro atoms. The fourth-order valence-electron chi connectivity index (χ4n) is 1.35. The van der Waals surface area contributed by atoms with Crippen molar-refractivity contribution in [2.45, 2.75) is 24.2 Å². The molecule has 1 amide bonds. The Morgan fingerprint density at radius 1 is 1.50 bits per heavy atom. The van der Waals surface area contributed by atoms with Crippen LogP contribution in [0.15, 0.2) is 27.2 Å². The number of anilines is 1.